The van der Waals surface area contributed by atoms with Crippen LogP contribution in [-0.2, 0) is 7.05 Å². The number of anilines is 1. The van der Waals surface area contributed by atoms with Crippen LogP contribution in [0.3, 0.4) is 0 Å². The van der Waals surface area contributed by atoms with Gasteiger partial charge in [-0.1, -0.05) is 19.9 Å². The number of methoxy groups -OCH3 is 1. The molecule has 31 heavy (non-hydrogen) atoms. The number of hydrogen-bond donors (Lipinski definition) is 0. The Morgan fingerprint density at radius 3 is 2.52 bits per heavy atom. The molecule has 1 fully saturated rings. The molecular formula is C23H27N5O3. The molecule has 8 nitrogen and oxygen atoms in total. The van der Waals surface area contributed by atoms with Gasteiger partial charge in [-0.05, 0) is 35.7 Å². The Hall–Kier alpha value is -3.42. The van der Waals surface area contributed by atoms with Crippen molar-refractivity contribution in [3.8, 4) is 5.75 Å². The maximum Gasteiger partial charge on any atom is 0.275 e. The largest absolute Gasteiger partial charge is 0.493 e. The second kappa shape index (κ2) is 8.37. The number of aromatic nitrogens is 3. The number of rotatable bonds is 4. The number of carbonyl (C=O) groups is 1. The van der Waals surface area contributed by atoms with Gasteiger partial charge in [-0.2, -0.15) is 5.10 Å². The maximum atomic E-state index is 13.4. The molecule has 0 N–H and O–H groups in total. The van der Waals surface area contributed by atoms with Gasteiger partial charge in [0.15, 0.2) is 17.3 Å². The monoisotopic (exact) mass is 421 g/mol. The van der Waals surface area contributed by atoms with Gasteiger partial charge in [-0.15, -0.1) is 0 Å². The quantitative estimate of drug-likeness (QED) is 0.644. The Morgan fingerprint density at radius 1 is 1.10 bits per heavy atom. The van der Waals surface area contributed by atoms with Crippen molar-refractivity contribution in [2.75, 3.05) is 38.2 Å². The predicted molar refractivity (Wildman–Crippen MR) is 120 cm³/mol. The highest BCUT2D eigenvalue weighted by atomic mass is 16.5. The maximum absolute atomic E-state index is 13.4. The zero-order chi connectivity index (χ0) is 22.1. The summed E-state index contributed by atoms with van der Waals surface area (Å²) >= 11 is 0. The first-order valence-corrected chi connectivity index (χ1v) is 10.4. The normalized spacial score (nSPS) is 14.4. The molecule has 2 aromatic heterocycles. The fourth-order valence-electron chi connectivity index (χ4n) is 3.94. The van der Waals surface area contributed by atoms with Crippen LogP contribution >= 0.6 is 0 Å². The molecule has 0 atom stereocenters. The molecule has 1 aliphatic rings. The van der Waals surface area contributed by atoms with Crippen molar-refractivity contribution in [2.24, 2.45) is 7.05 Å². The molecule has 0 radical (unpaired) electrons. The fourth-order valence-corrected chi connectivity index (χ4v) is 3.94. The van der Waals surface area contributed by atoms with Gasteiger partial charge in [-0.25, -0.2) is 9.67 Å². The van der Waals surface area contributed by atoms with E-state index in [-0.39, 0.29) is 17.4 Å². The Bertz CT molecular complexity index is 1180. The minimum absolute atomic E-state index is 0.158. The smallest absolute Gasteiger partial charge is 0.275 e. The molecule has 0 spiro atoms. The molecule has 0 unspecified atom stereocenters. The van der Waals surface area contributed by atoms with Crippen molar-refractivity contribution in [3.05, 3.63) is 58.1 Å². The van der Waals surface area contributed by atoms with Crippen LogP contribution in [0, 0.1) is 0 Å². The third kappa shape index (κ3) is 3.85. The molecule has 0 aliphatic carbocycles. The summed E-state index contributed by atoms with van der Waals surface area (Å²) in [4.78, 5) is 34.3. The Balaban J connectivity index is 1.62. The van der Waals surface area contributed by atoms with E-state index in [1.807, 2.05) is 24.3 Å². The Morgan fingerprint density at radius 2 is 1.84 bits per heavy atom. The van der Waals surface area contributed by atoms with Gasteiger partial charge in [0.05, 0.1) is 12.5 Å². The van der Waals surface area contributed by atoms with Crippen molar-refractivity contribution >= 4 is 22.5 Å². The zero-order valence-corrected chi connectivity index (χ0v) is 18.3. The number of carbonyl (C=O) groups excluding carboxylic acids is 1. The summed E-state index contributed by atoms with van der Waals surface area (Å²) in [5, 5.41) is 5.48. The molecule has 1 aliphatic heterocycles. The highest BCUT2D eigenvalue weighted by Gasteiger charge is 2.27. The van der Waals surface area contributed by atoms with Gasteiger partial charge in [0, 0.05) is 44.8 Å². The molecule has 3 aromatic rings. The minimum Gasteiger partial charge on any atom is -0.493 e. The first kappa shape index (κ1) is 20.8. The molecule has 8 heteroatoms. The van der Waals surface area contributed by atoms with Crippen molar-refractivity contribution in [1.29, 1.82) is 0 Å². The molecule has 162 valence electrons. The number of benzene rings is 1. The first-order valence-electron chi connectivity index (χ1n) is 10.4. The average Bonchev–Trinajstić information content (AvgIpc) is 2.80. The molecule has 0 saturated carbocycles. The molecule has 1 saturated heterocycles. The van der Waals surface area contributed by atoms with Gasteiger partial charge in [0.2, 0.25) is 0 Å². The van der Waals surface area contributed by atoms with Crippen LogP contribution in [0.4, 0.5) is 5.82 Å². The predicted octanol–water partition coefficient (Wildman–Crippen LogP) is 2.42. The average molecular weight is 422 g/mol. The van der Waals surface area contributed by atoms with E-state index >= 15 is 0 Å². The van der Waals surface area contributed by atoms with E-state index in [2.05, 4.69) is 28.8 Å². The third-order valence-corrected chi connectivity index (χ3v) is 5.78. The van der Waals surface area contributed by atoms with E-state index in [9.17, 15) is 9.59 Å². The summed E-state index contributed by atoms with van der Waals surface area (Å²) in [5.41, 5.74) is 1.20. The van der Waals surface area contributed by atoms with Crippen molar-refractivity contribution in [2.45, 2.75) is 19.8 Å². The molecule has 1 aromatic carbocycles. The van der Waals surface area contributed by atoms with Gasteiger partial charge < -0.3 is 14.5 Å². The fraction of sp³-hybridized carbons (Fsp3) is 0.391. The second-order valence-corrected chi connectivity index (χ2v) is 8.05. The van der Waals surface area contributed by atoms with Crippen LogP contribution in [0.1, 0.15) is 35.8 Å². The van der Waals surface area contributed by atoms with Crippen LogP contribution in [0.25, 0.3) is 10.8 Å². The number of hydrogen-bond acceptors (Lipinski definition) is 6. The molecule has 0 bridgehead atoms. The lowest BCUT2D eigenvalue weighted by molar-refractivity contribution is 0.0740. The summed E-state index contributed by atoms with van der Waals surface area (Å²) < 4.78 is 6.67. The molecule has 3 heterocycles. The van der Waals surface area contributed by atoms with E-state index in [1.165, 1.54) is 4.68 Å². The lowest BCUT2D eigenvalue weighted by Crippen LogP contribution is -2.49. The lowest BCUT2D eigenvalue weighted by Gasteiger charge is -2.35. The van der Waals surface area contributed by atoms with Crippen LogP contribution in [0.5, 0.6) is 5.75 Å². The number of piperazine rings is 1. The summed E-state index contributed by atoms with van der Waals surface area (Å²) in [6.45, 7) is 6.52. The molecular weight excluding hydrogens is 394 g/mol. The van der Waals surface area contributed by atoms with Gasteiger partial charge >= 0.3 is 0 Å². The van der Waals surface area contributed by atoms with E-state index < -0.39 is 0 Å². The Kier molecular flexibility index (Phi) is 5.63. The second-order valence-electron chi connectivity index (χ2n) is 8.05. The highest BCUT2D eigenvalue weighted by molar-refractivity contribution is 6.05. The zero-order valence-electron chi connectivity index (χ0n) is 18.3. The number of nitrogens with zero attached hydrogens (tertiary/aromatic N) is 5. The number of amides is 1. The lowest BCUT2D eigenvalue weighted by atomic mass is 9.99. The highest BCUT2D eigenvalue weighted by Crippen LogP contribution is 2.27. The van der Waals surface area contributed by atoms with Crippen molar-refractivity contribution < 1.29 is 9.53 Å². The molecule has 4 rings (SSSR count). The number of ether oxygens (including phenoxy) is 1. The van der Waals surface area contributed by atoms with Crippen LogP contribution in [0.15, 0.2) is 41.3 Å². The molecule has 1 amide bonds. The van der Waals surface area contributed by atoms with E-state index in [1.54, 1.807) is 31.3 Å². The summed E-state index contributed by atoms with van der Waals surface area (Å²) in [6.07, 6.45) is 1.74. The SMILES string of the molecule is COc1cccnc1N1CCN(C(=O)c2nn(C)c(=O)c3ccc(C(C)C)cc23)CC1. The van der Waals surface area contributed by atoms with Gasteiger partial charge in [0.25, 0.3) is 11.5 Å². The standard InChI is InChI=1S/C23H27N5O3/c1-15(2)16-7-8-17-18(14-16)20(25-26(3)22(17)29)23(30)28-12-10-27(11-13-28)21-19(31-4)6-5-9-24-21/h5-9,14-15H,10-13H2,1-4H3. The van der Waals surface area contributed by atoms with E-state index in [4.69, 9.17) is 4.74 Å². The van der Waals surface area contributed by atoms with Crippen LogP contribution in [0.2, 0.25) is 0 Å². The number of fused-ring (bicyclic) bond motifs is 1. The van der Waals surface area contributed by atoms with E-state index in [0.717, 1.165) is 11.4 Å². The van der Waals surface area contributed by atoms with Gasteiger partial charge in [0.1, 0.15) is 0 Å². The minimum atomic E-state index is -0.200. The van der Waals surface area contributed by atoms with Crippen molar-refractivity contribution in [3.63, 3.8) is 0 Å². The number of aryl methyl sites for hydroxylation is 1. The van der Waals surface area contributed by atoms with E-state index in [0.29, 0.717) is 48.4 Å². The number of pyridine rings is 1. The Labute approximate surface area is 181 Å². The summed E-state index contributed by atoms with van der Waals surface area (Å²) in [5.74, 6) is 1.63. The third-order valence-electron chi connectivity index (χ3n) is 5.78. The first-order chi connectivity index (χ1) is 14.9. The summed E-state index contributed by atoms with van der Waals surface area (Å²) in [6, 6.07) is 9.39. The van der Waals surface area contributed by atoms with Gasteiger partial charge in [-0.3, -0.25) is 9.59 Å². The topological polar surface area (TPSA) is 80.6 Å². The van der Waals surface area contributed by atoms with Crippen LogP contribution < -0.4 is 15.2 Å². The van der Waals surface area contributed by atoms with Crippen molar-refractivity contribution in [1.82, 2.24) is 19.7 Å². The summed E-state index contributed by atoms with van der Waals surface area (Å²) in [7, 11) is 3.21. The van der Waals surface area contributed by atoms with Crippen LogP contribution in [-0.4, -0.2) is 58.9 Å².